The van der Waals surface area contributed by atoms with Gasteiger partial charge in [0.1, 0.15) is 0 Å². The summed E-state index contributed by atoms with van der Waals surface area (Å²) in [5.74, 6) is 0.554. The first-order chi connectivity index (χ1) is 8.40. The van der Waals surface area contributed by atoms with Gasteiger partial charge in [0.25, 0.3) is 0 Å². The summed E-state index contributed by atoms with van der Waals surface area (Å²) in [5, 5.41) is 0. The summed E-state index contributed by atoms with van der Waals surface area (Å²) in [6, 6.07) is 8.61. The average Bonchev–Trinajstić information content (AvgIpc) is 2.95. The molecule has 0 unspecified atom stereocenters. The van der Waals surface area contributed by atoms with Gasteiger partial charge in [-0.2, -0.15) is 0 Å². The van der Waals surface area contributed by atoms with Crippen molar-refractivity contribution in [2.24, 2.45) is 5.92 Å². The van der Waals surface area contributed by atoms with Crippen molar-refractivity contribution in [1.82, 2.24) is 0 Å². The molecule has 0 aromatic heterocycles. The Morgan fingerprint density at radius 3 is 3.00 bits per heavy atom. The van der Waals surface area contributed by atoms with Gasteiger partial charge in [0.2, 0.25) is 0 Å². The monoisotopic (exact) mass is 232 g/mol. The van der Waals surface area contributed by atoms with E-state index >= 15 is 0 Å². The number of fused-ring (bicyclic) bond motifs is 1. The predicted molar refractivity (Wildman–Crippen MR) is 66.7 cm³/mol. The molecule has 0 aliphatic carbocycles. The van der Waals surface area contributed by atoms with Crippen LogP contribution in [0.3, 0.4) is 0 Å². The molecule has 0 radical (unpaired) electrons. The van der Waals surface area contributed by atoms with Crippen LogP contribution in [0.15, 0.2) is 24.3 Å². The Morgan fingerprint density at radius 2 is 2.12 bits per heavy atom. The van der Waals surface area contributed by atoms with E-state index in [4.69, 9.17) is 9.47 Å². The van der Waals surface area contributed by atoms with E-state index in [1.165, 1.54) is 17.5 Å². The maximum atomic E-state index is 6.00. The number of ether oxygens (including phenoxy) is 2. The molecule has 3 atom stereocenters. The van der Waals surface area contributed by atoms with Crippen LogP contribution in [0.25, 0.3) is 0 Å². The van der Waals surface area contributed by atoms with E-state index in [1.54, 1.807) is 0 Å². The smallest absolute Gasteiger partial charge is 0.0886 e. The molecule has 2 heterocycles. The van der Waals surface area contributed by atoms with Gasteiger partial charge in [0, 0.05) is 12.5 Å². The zero-order chi connectivity index (χ0) is 11.7. The van der Waals surface area contributed by atoms with Crippen molar-refractivity contribution in [2.45, 2.75) is 45.0 Å². The fourth-order valence-corrected chi connectivity index (χ4v) is 3.16. The first-order valence-electron chi connectivity index (χ1n) is 6.71. The molecule has 2 nitrogen and oxygen atoms in total. The molecule has 0 saturated carbocycles. The van der Waals surface area contributed by atoms with Gasteiger partial charge in [0.15, 0.2) is 0 Å². The van der Waals surface area contributed by atoms with Crippen LogP contribution in [0.2, 0.25) is 0 Å². The fourth-order valence-electron chi connectivity index (χ4n) is 3.16. The largest absolute Gasteiger partial charge is 0.378 e. The molecule has 0 N–H and O–H groups in total. The number of hydrogen-bond acceptors (Lipinski definition) is 2. The van der Waals surface area contributed by atoms with E-state index in [1.807, 2.05) is 0 Å². The summed E-state index contributed by atoms with van der Waals surface area (Å²) >= 11 is 0. The second-order valence-electron chi connectivity index (χ2n) is 5.08. The maximum Gasteiger partial charge on any atom is 0.0886 e. The minimum atomic E-state index is 0.269. The zero-order valence-corrected chi connectivity index (χ0v) is 10.4. The van der Waals surface area contributed by atoms with Crippen LogP contribution in [0, 0.1) is 5.92 Å². The fraction of sp³-hybridized carbons (Fsp3) is 0.600. The summed E-state index contributed by atoms with van der Waals surface area (Å²) in [5.41, 5.74) is 2.75. The quantitative estimate of drug-likeness (QED) is 0.794. The lowest BCUT2D eigenvalue weighted by Gasteiger charge is -2.24. The van der Waals surface area contributed by atoms with E-state index in [9.17, 15) is 0 Å². The Hall–Kier alpha value is -0.860. The van der Waals surface area contributed by atoms with Gasteiger partial charge in [-0.1, -0.05) is 37.6 Å². The third kappa shape index (κ3) is 2.00. The summed E-state index contributed by atoms with van der Waals surface area (Å²) in [4.78, 5) is 0. The minimum absolute atomic E-state index is 0.269. The highest BCUT2D eigenvalue weighted by Gasteiger charge is 2.38. The predicted octanol–water partition coefficient (Wildman–Crippen LogP) is 3.46. The van der Waals surface area contributed by atoms with Crippen LogP contribution >= 0.6 is 0 Å². The molecular weight excluding hydrogens is 212 g/mol. The molecule has 1 aromatic carbocycles. The molecule has 0 spiro atoms. The van der Waals surface area contributed by atoms with Crippen LogP contribution in [0.4, 0.5) is 0 Å². The van der Waals surface area contributed by atoms with Gasteiger partial charge in [-0.05, 0) is 24.0 Å². The topological polar surface area (TPSA) is 18.5 Å². The zero-order valence-electron chi connectivity index (χ0n) is 10.4. The van der Waals surface area contributed by atoms with E-state index in [-0.39, 0.29) is 6.10 Å². The Morgan fingerprint density at radius 1 is 1.24 bits per heavy atom. The first kappa shape index (κ1) is 11.2. The Bertz CT molecular complexity index is 388. The van der Waals surface area contributed by atoms with Crippen molar-refractivity contribution in [3.63, 3.8) is 0 Å². The molecule has 1 saturated heterocycles. The Labute approximate surface area is 103 Å². The van der Waals surface area contributed by atoms with Crippen LogP contribution in [0.5, 0.6) is 0 Å². The third-order valence-corrected chi connectivity index (χ3v) is 4.00. The summed E-state index contributed by atoms with van der Waals surface area (Å²) in [7, 11) is 0. The molecule has 3 rings (SSSR count). The number of benzene rings is 1. The maximum absolute atomic E-state index is 6.00. The van der Waals surface area contributed by atoms with Gasteiger partial charge in [0.05, 0.1) is 18.8 Å². The van der Waals surface area contributed by atoms with Crippen molar-refractivity contribution < 1.29 is 9.47 Å². The number of hydrogen-bond donors (Lipinski definition) is 0. The molecule has 2 heteroatoms. The summed E-state index contributed by atoms with van der Waals surface area (Å²) in [6.45, 7) is 3.90. The van der Waals surface area contributed by atoms with Crippen LogP contribution < -0.4 is 0 Å². The normalized spacial score (nSPS) is 31.7. The van der Waals surface area contributed by atoms with Gasteiger partial charge in [-0.15, -0.1) is 0 Å². The second kappa shape index (κ2) is 4.79. The van der Waals surface area contributed by atoms with Crippen LogP contribution in [0.1, 0.15) is 43.4 Å². The molecule has 0 amide bonds. The molecule has 0 bridgehead atoms. The molecule has 1 aromatic rings. The Kier molecular flexibility index (Phi) is 3.17. The standard InChI is InChI=1S/C15H20O2/c1-2-5-14-13(8-9-16-14)15-12-7-4-3-6-11(12)10-17-15/h3-4,6-7,13-15H,2,5,8-10H2,1H3/t13-,14+,15+/m0/s1. The Balaban J connectivity index is 1.81. The van der Waals surface area contributed by atoms with E-state index < -0.39 is 0 Å². The van der Waals surface area contributed by atoms with Crippen molar-refractivity contribution in [3.05, 3.63) is 35.4 Å². The minimum Gasteiger partial charge on any atom is -0.378 e. The van der Waals surface area contributed by atoms with Crippen molar-refractivity contribution in [3.8, 4) is 0 Å². The third-order valence-electron chi connectivity index (χ3n) is 4.00. The lowest BCUT2D eigenvalue weighted by Crippen LogP contribution is -2.22. The van der Waals surface area contributed by atoms with E-state index in [0.29, 0.717) is 12.0 Å². The first-order valence-corrected chi connectivity index (χ1v) is 6.71. The SMILES string of the molecule is CCC[C@H]1OCC[C@@H]1[C@@H]1OCc2ccccc21. The van der Waals surface area contributed by atoms with Gasteiger partial charge in [-0.25, -0.2) is 0 Å². The van der Waals surface area contributed by atoms with Gasteiger partial charge in [-0.3, -0.25) is 0 Å². The van der Waals surface area contributed by atoms with Crippen molar-refractivity contribution in [1.29, 1.82) is 0 Å². The molecule has 17 heavy (non-hydrogen) atoms. The summed E-state index contributed by atoms with van der Waals surface area (Å²) < 4.78 is 11.9. The molecule has 2 aliphatic rings. The molecule has 1 fully saturated rings. The van der Waals surface area contributed by atoms with Gasteiger partial charge < -0.3 is 9.47 Å². The summed E-state index contributed by atoms with van der Waals surface area (Å²) in [6.07, 6.45) is 4.16. The number of rotatable bonds is 3. The molecule has 92 valence electrons. The van der Waals surface area contributed by atoms with E-state index in [0.717, 1.165) is 26.1 Å². The second-order valence-corrected chi connectivity index (χ2v) is 5.08. The van der Waals surface area contributed by atoms with Crippen molar-refractivity contribution >= 4 is 0 Å². The highest BCUT2D eigenvalue weighted by Crippen LogP contribution is 2.42. The van der Waals surface area contributed by atoms with E-state index in [2.05, 4.69) is 31.2 Å². The highest BCUT2D eigenvalue weighted by molar-refractivity contribution is 5.32. The van der Waals surface area contributed by atoms with Crippen LogP contribution in [-0.4, -0.2) is 12.7 Å². The molecule has 2 aliphatic heterocycles. The lowest BCUT2D eigenvalue weighted by molar-refractivity contribution is -0.0132. The highest BCUT2D eigenvalue weighted by atomic mass is 16.5. The van der Waals surface area contributed by atoms with Gasteiger partial charge >= 0.3 is 0 Å². The lowest BCUT2D eigenvalue weighted by atomic mass is 9.88. The van der Waals surface area contributed by atoms with Crippen LogP contribution in [-0.2, 0) is 16.1 Å². The average molecular weight is 232 g/mol. The van der Waals surface area contributed by atoms with Crippen molar-refractivity contribution in [2.75, 3.05) is 6.61 Å². The molecular formula is C15H20O2.